The van der Waals surface area contributed by atoms with Crippen molar-refractivity contribution in [1.29, 1.82) is 0 Å². The molecule has 19 heavy (non-hydrogen) atoms. The van der Waals surface area contributed by atoms with Crippen molar-refractivity contribution in [3.8, 4) is 0 Å². The summed E-state index contributed by atoms with van der Waals surface area (Å²) in [7, 11) is 0. The van der Waals surface area contributed by atoms with E-state index in [1.807, 2.05) is 0 Å². The number of hydrogen-bond acceptors (Lipinski definition) is 4. The van der Waals surface area contributed by atoms with Gasteiger partial charge in [0.25, 0.3) is 0 Å². The van der Waals surface area contributed by atoms with Crippen LogP contribution in [0.5, 0.6) is 0 Å². The minimum atomic E-state index is -0.233. The molecule has 0 radical (unpaired) electrons. The van der Waals surface area contributed by atoms with E-state index in [2.05, 4.69) is 16.9 Å². The molecule has 104 valence electrons. The molecule has 3 N–H and O–H groups in total. The molecule has 0 atom stereocenters. The summed E-state index contributed by atoms with van der Waals surface area (Å²) in [5, 5.41) is 3.19. The van der Waals surface area contributed by atoms with E-state index in [4.69, 9.17) is 10.5 Å². The van der Waals surface area contributed by atoms with Gasteiger partial charge in [-0.2, -0.15) is 0 Å². The molecule has 0 fully saturated rings. The standard InChI is InChI=1S/C14H20FN3O/c1-12(19-10-7-16)11-17-8-9-18-14-4-2-3-13(15)5-6-14/h2-3,5-6,11,18H,1,4,7-10,16H2. The van der Waals surface area contributed by atoms with Crippen molar-refractivity contribution in [3.05, 3.63) is 48.2 Å². The van der Waals surface area contributed by atoms with Gasteiger partial charge in [-0.15, -0.1) is 0 Å². The van der Waals surface area contributed by atoms with Gasteiger partial charge in [0.15, 0.2) is 0 Å². The van der Waals surface area contributed by atoms with Crippen LogP contribution in [0.2, 0.25) is 0 Å². The topological polar surface area (TPSA) is 59.6 Å². The third kappa shape index (κ3) is 7.21. The monoisotopic (exact) mass is 265 g/mol. The Balaban J connectivity index is 2.19. The Morgan fingerprint density at radius 1 is 1.58 bits per heavy atom. The number of nitrogens with one attached hydrogen (secondary N) is 1. The lowest BCUT2D eigenvalue weighted by Crippen LogP contribution is -2.16. The van der Waals surface area contributed by atoms with Gasteiger partial charge in [0, 0.05) is 25.2 Å². The summed E-state index contributed by atoms with van der Waals surface area (Å²) in [6, 6.07) is 0. The van der Waals surface area contributed by atoms with Gasteiger partial charge < -0.3 is 15.8 Å². The average molecular weight is 265 g/mol. The van der Waals surface area contributed by atoms with Crippen LogP contribution in [-0.2, 0) is 4.74 Å². The van der Waals surface area contributed by atoms with Crippen molar-refractivity contribution in [2.75, 3.05) is 26.2 Å². The van der Waals surface area contributed by atoms with Crippen molar-refractivity contribution in [3.63, 3.8) is 0 Å². The fraction of sp³-hybridized carbons (Fsp3) is 0.357. The highest BCUT2D eigenvalue weighted by Crippen LogP contribution is 2.09. The molecule has 0 aliphatic heterocycles. The van der Waals surface area contributed by atoms with E-state index in [1.165, 1.54) is 12.2 Å². The van der Waals surface area contributed by atoms with Gasteiger partial charge in [-0.05, 0) is 18.2 Å². The van der Waals surface area contributed by atoms with Crippen molar-refractivity contribution >= 4 is 6.21 Å². The van der Waals surface area contributed by atoms with Crippen LogP contribution in [0.1, 0.15) is 6.42 Å². The summed E-state index contributed by atoms with van der Waals surface area (Å²) in [6.07, 6.45) is 8.70. The number of rotatable bonds is 8. The molecule has 0 aromatic rings. The molecule has 0 bridgehead atoms. The van der Waals surface area contributed by atoms with Crippen molar-refractivity contribution in [2.24, 2.45) is 10.7 Å². The second-order valence-corrected chi connectivity index (χ2v) is 3.92. The number of ether oxygens (including phenoxy) is 1. The number of nitrogens with zero attached hydrogens (tertiary/aromatic N) is 1. The number of aliphatic imine (C=N–C) groups is 1. The van der Waals surface area contributed by atoms with Gasteiger partial charge in [0.1, 0.15) is 18.2 Å². The van der Waals surface area contributed by atoms with Gasteiger partial charge in [-0.25, -0.2) is 4.39 Å². The molecular formula is C14H20FN3O. The number of allylic oxidation sites excluding steroid dienone is 6. The molecule has 4 nitrogen and oxygen atoms in total. The molecule has 0 spiro atoms. The van der Waals surface area contributed by atoms with E-state index < -0.39 is 0 Å². The van der Waals surface area contributed by atoms with Gasteiger partial charge >= 0.3 is 0 Å². The summed E-state index contributed by atoms with van der Waals surface area (Å²) >= 11 is 0. The highest BCUT2D eigenvalue weighted by atomic mass is 19.1. The molecule has 0 unspecified atom stereocenters. The molecule has 0 heterocycles. The SMILES string of the molecule is C=C(C=NCCNC1=CC=C(F)C=CC1)OCCN. The highest BCUT2D eigenvalue weighted by molar-refractivity contribution is 5.74. The maximum Gasteiger partial charge on any atom is 0.129 e. The molecule has 0 amide bonds. The van der Waals surface area contributed by atoms with Crippen LogP contribution in [-0.4, -0.2) is 32.5 Å². The highest BCUT2D eigenvalue weighted by Gasteiger charge is 1.97. The first kappa shape index (κ1) is 15.2. The van der Waals surface area contributed by atoms with E-state index in [0.29, 0.717) is 38.4 Å². The Labute approximate surface area is 113 Å². The molecule has 0 saturated carbocycles. The first-order valence-electron chi connectivity index (χ1n) is 6.20. The largest absolute Gasteiger partial charge is 0.491 e. The van der Waals surface area contributed by atoms with Gasteiger partial charge in [0.2, 0.25) is 0 Å². The van der Waals surface area contributed by atoms with Crippen molar-refractivity contribution in [1.82, 2.24) is 5.32 Å². The second-order valence-electron chi connectivity index (χ2n) is 3.92. The lowest BCUT2D eigenvalue weighted by molar-refractivity contribution is 0.243. The molecule has 0 aromatic heterocycles. The summed E-state index contributed by atoms with van der Waals surface area (Å²) < 4.78 is 18.1. The zero-order valence-corrected chi connectivity index (χ0v) is 10.9. The van der Waals surface area contributed by atoms with Crippen LogP contribution in [0.15, 0.2) is 53.2 Å². The van der Waals surface area contributed by atoms with Crippen LogP contribution >= 0.6 is 0 Å². The van der Waals surface area contributed by atoms with Crippen LogP contribution in [0.3, 0.4) is 0 Å². The third-order valence-corrected chi connectivity index (χ3v) is 2.29. The summed E-state index contributed by atoms with van der Waals surface area (Å²) in [5.41, 5.74) is 6.26. The maximum absolute atomic E-state index is 12.9. The first-order valence-corrected chi connectivity index (χ1v) is 6.20. The number of hydrogen-bond donors (Lipinski definition) is 2. The lowest BCUT2D eigenvalue weighted by Gasteiger charge is -2.06. The Morgan fingerprint density at radius 2 is 2.42 bits per heavy atom. The Bertz CT molecular complexity index is 411. The van der Waals surface area contributed by atoms with Crippen molar-refractivity contribution in [2.45, 2.75) is 6.42 Å². The number of halogens is 1. The minimum Gasteiger partial charge on any atom is -0.491 e. The van der Waals surface area contributed by atoms with E-state index in [-0.39, 0.29) is 5.83 Å². The molecular weight excluding hydrogens is 245 g/mol. The predicted octanol–water partition coefficient (Wildman–Crippen LogP) is 1.83. The molecule has 0 saturated heterocycles. The summed E-state index contributed by atoms with van der Waals surface area (Å²) in [4.78, 5) is 4.16. The number of nitrogens with two attached hydrogens (primary N) is 1. The molecule has 1 aliphatic rings. The first-order chi connectivity index (χ1) is 9.22. The minimum absolute atomic E-state index is 0.233. The van der Waals surface area contributed by atoms with Gasteiger partial charge in [-0.1, -0.05) is 12.7 Å². The van der Waals surface area contributed by atoms with Crippen molar-refractivity contribution < 1.29 is 9.13 Å². The summed E-state index contributed by atoms with van der Waals surface area (Å²) in [5.74, 6) is 0.273. The van der Waals surface area contributed by atoms with Gasteiger partial charge in [-0.3, -0.25) is 4.99 Å². The van der Waals surface area contributed by atoms with E-state index >= 15 is 0 Å². The van der Waals surface area contributed by atoms with E-state index in [1.54, 1.807) is 18.4 Å². The summed E-state index contributed by atoms with van der Waals surface area (Å²) in [6.45, 7) is 5.86. The molecule has 1 aliphatic carbocycles. The quantitative estimate of drug-likeness (QED) is 0.400. The van der Waals surface area contributed by atoms with Crippen LogP contribution in [0, 0.1) is 0 Å². The van der Waals surface area contributed by atoms with Crippen LogP contribution in [0.4, 0.5) is 4.39 Å². The normalized spacial score (nSPS) is 14.8. The molecule has 5 heteroatoms. The fourth-order valence-corrected chi connectivity index (χ4v) is 1.41. The average Bonchev–Trinajstić information content (AvgIpc) is 2.61. The van der Waals surface area contributed by atoms with E-state index in [9.17, 15) is 4.39 Å². The second kappa shape index (κ2) is 9.10. The smallest absolute Gasteiger partial charge is 0.129 e. The lowest BCUT2D eigenvalue weighted by atomic mass is 10.3. The Kier molecular flexibility index (Phi) is 7.27. The molecule has 1 rings (SSSR count). The Morgan fingerprint density at radius 3 is 3.21 bits per heavy atom. The molecule has 0 aromatic carbocycles. The van der Waals surface area contributed by atoms with Gasteiger partial charge in [0.05, 0.1) is 12.8 Å². The van der Waals surface area contributed by atoms with E-state index in [0.717, 1.165) is 5.70 Å². The zero-order valence-electron chi connectivity index (χ0n) is 10.9. The van der Waals surface area contributed by atoms with Crippen LogP contribution in [0.25, 0.3) is 0 Å². The third-order valence-electron chi connectivity index (χ3n) is 2.29. The predicted molar refractivity (Wildman–Crippen MR) is 76.5 cm³/mol. The zero-order chi connectivity index (χ0) is 13.9. The van der Waals surface area contributed by atoms with Crippen LogP contribution < -0.4 is 11.1 Å². The fourth-order valence-electron chi connectivity index (χ4n) is 1.41. The maximum atomic E-state index is 12.9. The Hall–Kier alpha value is -1.88.